The van der Waals surface area contributed by atoms with Gasteiger partial charge in [-0.1, -0.05) is 42.1 Å². The molecule has 5 nitrogen and oxygen atoms in total. The molecule has 0 saturated heterocycles. The second-order valence-electron chi connectivity index (χ2n) is 3.31. The minimum Gasteiger partial charge on any atom is -0.481 e. The molecule has 1 heterocycles. The Morgan fingerprint density at radius 2 is 2.06 bits per heavy atom. The summed E-state index contributed by atoms with van der Waals surface area (Å²) in [6.07, 6.45) is 0.557. The Balaban J connectivity index is 1.97. The van der Waals surface area contributed by atoms with Gasteiger partial charge in [-0.05, 0) is 5.56 Å². The Morgan fingerprint density at radius 1 is 1.29 bits per heavy atom. The van der Waals surface area contributed by atoms with Crippen molar-refractivity contribution in [2.24, 2.45) is 0 Å². The van der Waals surface area contributed by atoms with E-state index < -0.39 is 5.97 Å². The smallest absolute Gasteiger partial charge is 0.314 e. The Morgan fingerprint density at radius 3 is 2.76 bits per heavy atom. The largest absolute Gasteiger partial charge is 0.481 e. The first kappa shape index (κ1) is 11.7. The summed E-state index contributed by atoms with van der Waals surface area (Å²) in [7, 11) is 0. The first-order valence-corrected chi connectivity index (χ1v) is 5.93. The van der Waals surface area contributed by atoms with Crippen molar-refractivity contribution in [3.05, 3.63) is 41.8 Å². The molecule has 0 aliphatic heterocycles. The molecule has 2 rings (SSSR count). The zero-order valence-electron chi connectivity index (χ0n) is 8.87. The molecule has 1 N–H and O–H groups in total. The zero-order valence-corrected chi connectivity index (χ0v) is 9.68. The van der Waals surface area contributed by atoms with Gasteiger partial charge in [-0.2, -0.15) is 0 Å². The Kier molecular flexibility index (Phi) is 3.77. The first-order chi connectivity index (χ1) is 8.24. The highest BCUT2D eigenvalue weighted by atomic mass is 32.2. The summed E-state index contributed by atoms with van der Waals surface area (Å²) in [5.41, 5.74) is 1.07. The normalized spacial score (nSPS) is 10.4. The molecule has 0 unspecified atom stereocenters. The Hall–Kier alpha value is -1.82. The number of hydrogen-bond donors (Lipinski definition) is 1. The van der Waals surface area contributed by atoms with E-state index in [9.17, 15) is 4.79 Å². The summed E-state index contributed by atoms with van der Waals surface area (Å²) >= 11 is 1.02. The van der Waals surface area contributed by atoms with E-state index in [4.69, 9.17) is 9.52 Å². The van der Waals surface area contributed by atoms with Crippen LogP contribution in [0.2, 0.25) is 0 Å². The van der Waals surface area contributed by atoms with Crippen molar-refractivity contribution in [3.8, 4) is 0 Å². The van der Waals surface area contributed by atoms with Gasteiger partial charge >= 0.3 is 5.97 Å². The standard InChI is InChI=1S/C11H10N2O3S/c14-10(15)7-17-11-13-12-9(16-11)6-8-4-2-1-3-5-8/h1-5H,6-7H2,(H,14,15). The van der Waals surface area contributed by atoms with Gasteiger partial charge in [0.05, 0.1) is 6.42 Å². The Labute approximate surface area is 102 Å². The number of carboxylic acid groups (broad SMARTS) is 1. The van der Waals surface area contributed by atoms with Gasteiger partial charge in [0.2, 0.25) is 5.89 Å². The summed E-state index contributed by atoms with van der Waals surface area (Å²) < 4.78 is 5.32. The lowest BCUT2D eigenvalue weighted by Crippen LogP contribution is -1.97. The van der Waals surface area contributed by atoms with Crippen molar-refractivity contribution < 1.29 is 14.3 Å². The van der Waals surface area contributed by atoms with Crippen LogP contribution in [0.3, 0.4) is 0 Å². The van der Waals surface area contributed by atoms with Gasteiger partial charge in [0.25, 0.3) is 5.22 Å². The Bertz CT molecular complexity index is 498. The van der Waals surface area contributed by atoms with Crippen molar-refractivity contribution in [3.63, 3.8) is 0 Å². The molecule has 0 radical (unpaired) electrons. The van der Waals surface area contributed by atoms with E-state index in [2.05, 4.69) is 10.2 Å². The quantitative estimate of drug-likeness (QED) is 0.816. The lowest BCUT2D eigenvalue weighted by Gasteiger charge is -1.94. The van der Waals surface area contributed by atoms with E-state index in [-0.39, 0.29) is 5.75 Å². The van der Waals surface area contributed by atoms with Crippen LogP contribution in [0, 0.1) is 0 Å². The average molecular weight is 250 g/mol. The molecule has 0 spiro atoms. The number of rotatable bonds is 5. The maximum absolute atomic E-state index is 10.4. The van der Waals surface area contributed by atoms with Crippen LogP contribution in [0.5, 0.6) is 0 Å². The molecule has 17 heavy (non-hydrogen) atoms. The second kappa shape index (κ2) is 5.49. The SMILES string of the molecule is O=C(O)CSc1nnc(Cc2ccccc2)o1. The molecule has 0 amide bonds. The summed E-state index contributed by atoms with van der Waals surface area (Å²) in [5.74, 6) is -0.491. The number of nitrogens with zero attached hydrogens (tertiary/aromatic N) is 2. The maximum atomic E-state index is 10.4. The van der Waals surface area contributed by atoms with Crippen LogP contribution in [-0.4, -0.2) is 27.0 Å². The number of aromatic nitrogens is 2. The third-order valence-electron chi connectivity index (χ3n) is 1.97. The highest BCUT2D eigenvalue weighted by molar-refractivity contribution is 7.99. The van der Waals surface area contributed by atoms with Gasteiger partial charge < -0.3 is 9.52 Å². The molecule has 0 atom stereocenters. The number of thioether (sulfide) groups is 1. The molecular formula is C11H10N2O3S. The fourth-order valence-electron chi connectivity index (χ4n) is 1.26. The van der Waals surface area contributed by atoms with Crippen LogP contribution < -0.4 is 0 Å². The highest BCUT2D eigenvalue weighted by Crippen LogP contribution is 2.17. The second-order valence-corrected chi connectivity index (χ2v) is 4.23. The van der Waals surface area contributed by atoms with Crippen LogP contribution in [0.25, 0.3) is 0 Å². The number of hydrogen-bond acceptors (Lipinski definition) is 5. The highest BCUT2D eigenvalue weighted by Gasteiger charge is 2.09. The molecule has 0 bridgehead atoms. The lowest BCUT2D eigenvalue weighted by molar-refractivity contribution is -0.133. The topological polar surface area (TPSA) is 76.2 Å². The van der Waals surface area contributed by atoms with Gasteiger partial charge in [0.15, 0.2) is 0 Å². The van der Waals surface area contributed by atoms with E-state index >= 15 is 0 Å². The number of carbonyl (C=O) groups is 1. The minimum absolute atomic E-state index is 0.0764. The van der Waals surface area contributed by atoms with Crippen LogP contribution in [0.15, 0.2) is 40.0 Å². The van der Waals surface area contributed by atoms with E-state index in [0.29, 0.717) is 17.5 Å². The molecule has 0 aliphatic rings. The number of benzene rings is 1. The maximum Gasteiger partial charge on any atom is 0.314 e. The first-order valence-electron chi connectivity index (χ1n) is 4.95. The predicted molar refractivity (Wildman–Crippen MR) is 61.9 cm³/mol. The molecule has 88 valence electrons. The molecule has 2 aromatic rings. The van der Waals surface area contributed by atoms with Gasteiger partial charge in [-0.3, -0.25) is 4.79 Å². The molecule has 1 aromatic carbocycles. The van der Waals surface area contributed by atoms with Crippen molar-refractivity contribution >= 4 is 17.7 Å². The summed E-state index contributed by atoms with van der Waals surface area (Å²) in [6.45, 7) is 0. The van der Waals surface area contributed by atoms with Crippen LogP contribution in [0.4, 0.5) is 0 Å². The van der Waals surface area contributed by atoms with Crippen molar-refractivity contribution in [2.75, 3.05) is 5.75 Å². The van der Waals surface area contributed by atoms with Gasteiger partial charge in [-0.25, -0.2) is 0 Å². The summed E-state index contributed by atoms with van der Waals surface area (Å²) in [4.78, 5) is 10.4. The van der Waals surface area contributed by atoms with Crippen LogP contribution in [-0.2, 0) is 11.2 Å². The van der Waals surface area contributed by atoms with Gasteiger partial charge in [0, 0.05) is 0 Å². The third kappa shape index (κ3) is 3.60. The van der Waals surface area contributed by atoms with Gasteiger partial charge in [-0.15, -0.1) is 10.2 Å². The number of aliphatic carboxylic acids is 1. The average Bonchev–Trinajstić information content (AvgIpc) is 2.75. The zero-order chi connectivity index (χ0) is 12.1. The van der Waals surface area contributed by atoms with Crippen molar-refractivity contribution in [1.82, 2.24) is 10.2 Å². The fraction of sp³-hybridized carbons (Fsp3) is 0.182. The molecule has 6 heteroatoms. The predicted octanol–water partition coefficient (Wildman–Crippen LogP) is 1.84. The molecule has 1 aromatic heterocycles. The van der Waals surface area contributed by atoms with Crippen LogP contribution in [0.1, 0.15) is 11.5 Å². The summed E-state index contributed by atoms with van der Waals surface area (Å²) in [6, 6.07) is 9.74. The van der Waals surface area contributed by atoms with E-state index in [0.717, 1.165) is 17.3 Å². The van der Waals surface area contributed by atoms with Crippen LogP contribution >= 0.6 is 11.8 Å². The third-order valence-corrected chi connectivity index (χ3v) is 2.77. The van der Waals surface area contributed by atoms with E-state index in [1.54, 1.807) is 0 Å². The lowest BCUT2D eigenvalue weighted by atomic mass is 10.2. The minimum atomic E-state index is -0.905. The van der Waals surface area contributed by atoms with Crippen molar-refractivity contribution in [2.45, 2.75) is 11.6 Å². The molecular weight excluding hydrogens is 240 g/mol. The van der Waals surface area contributed by atoms with Crippen molar-refractivity contribution in [1.29, 1.82) is 0 Å². The monoisotopic (exact) mass is 250 g/mol. The summed E-state index contributed by atoms with van der Waals surface area (Å²) in [5, 5.41) is 16.4. The molecule has 0 saturated carbocycles. The van der Waals surface area contributed by atoms with Gasteiger partial charge in [0.1, 0.15) is 5.75 Å². The van der Waals surface area contributed by atoms with E-state index in [1.807, 2.05) is 30.3 Å². The molecule has 0 fully saturated rings. The molecule has 0 aliphatic carbocycles. The fourth-order valence-corrected chi connectivity index (χ4v) is 1.76. The van der Waals surface area contributed by atoms with E-state index in [1.165, 1.54) is 0 Å². The number of carboxylic acids is 1.